The predicted octanol–water partition coefficient (Wildman–Crippen LogP) is 2.08. The van der Waals surface area contributed by atoms with Crippen LogP contribution in [0, 0.1) is 0 Å². The van der Waals surface area contributed by atoms with Crippen molar-refractivity contribution >= 4 is 17.5 Å². The van der Waals surface area contributed by atoms with E-state index in [0.29, 0.717) is 10.7 Å². The Hall–Kier alpha value is -1.81. The first-order chi connectivity index (χ1) is 7.16. The number of hydrogen-bond acceptors (Lipinski definition) is 4. The van der Waals surface area contributed by atoms with Gasteiger partial charge < -0.3 is 10.8 Å². The number of rotatable bonds is 1. The van der Waals surface area contributed by atoms with Crippen LogP contribution < -0.4 is 5.73 Å². The molecular weight excluding hydrogens is 214 g/mol. The van der Waals surface area contributed by atoms with Crippen molar-refractivity contribution in [3.8, 4) is 16.9 Å². The average Bonchev–Trinajstić information content (AvgIpc) is 2.20. The summed E-state index contributed by atoms with van der Waals surface area (Å²) in [6, 6.07) is 6.61. The molecule has 3 N–H and O–H groups in total. The van der Waals surface area contributed by atoms with Crippen LogP contribution in [-0.4, -0.2) is 15.1 Å². The standard InChI is InChI=1S/C10H8ClN3O/c11-9-8(5-13-10(12)14-9)6-1-3-7(15)4-2-6/h1-5,15H,(H2,12,13,14). The molecule has 0 atom stereocenters. The van der Waals surface area contributed by atoms with Crippen LogP contribution in [0.3, 0.4) is 0 Å². The van der Waals surface area contributed by atoms with Gasteiger partial charge in [0.05, 0.1) is 0 Å². The van der Waals surface area contributed by atoms with E-state index in [4.69, 9.17) is 22.4 Å². The number of benzene rings is 1. The van der Waals surface area contributed by atoms with E-state index in [-0.39, 0.29) is 11.7 Å². The van der Waals surface area contributed by atoms with Gasteiger partial charge in [-0.3, -0.25) is 0 Å². The van der Waals surface area contributed by atoms with E-state index in [1.807, 2.05) is 0 Å². The number of phenols is 1. The fourth-order valence-corrected chi connectivity index (χ4v) is 1.45. The van der Waals surface area contributed by atoms with Gasteiger partial charge in [-0.25, -0.2) is 9.97 Å². The minimum atomic E-state index is 0.141. The van der Waals surface area contributed by atoms with E-state index >= 15 is 0 Å². The Balaban J connectivity index is 2.49. The first kappa shape index (κ1) is 9.73. The maximum absolute atomic E-state index is 9.13. The molecule has 4 nitrogen and oxygen atoms in total. The Kier molecular flexibility index (Phi) is 2.43. The molecule has 1 aromatic heterocycles. The number of aromatic nitrogens is 2. The summed E-state index contributed by atoms with van der Waals surface area (Å²) in [6.45, 7) is 0. The van der Waals surface area contributed by atoms with E-state index in [2.05, 4.69) is 9.97 Å². The van der Waals surface area contributed by atoms with Gasteiger partial charge in [0.15, 0.2) is 0 Å². The van der Waals surface area contributed by atoms with Crippen molar-refractivity contribution in [1.82, 2.24) is 9.97 Å². The quantitative estimate of drug-likeness (QED) is 0.724. The van der Waals surface area contributed by atoms with Crippen LogP contribution in [-0.2, 0) is 0 Å². The second-order valence-electron chi connectivity index (χ2n) is 2.98. The molecule has 76 valence electrons. The maximum Gasteiger partial charge on any atom is 0.221 e. The van der Waals surface area contributed by atoms with E-state index in [1.165, 1.54) is 0 Å². The lowest BCUT2D eigenvalue weighted by Gasteiger charge is -2.03. The zero-order chi connectivity index (χ0) is 10.8. The Bertz CT molecular complexity index is 485. The van der Waals surface area contributed by atoms with Gasteiger partial charge in [0.1, 0.15) is 10.9 Å². The summed E-state index contributed by atoms with van der Waals surface area (Å²) in [5.41, 5.74) is 6.90. The molecule has 5 heteroatoms. The van der Waals surface area contributed by atoms with E-state index in [9.17, 15) is 0 Å². The van der Waals surface area contributed by atoms with Gasteiger partial charge in [0, 0.05) is 11.8 Å². The highest BCUT2D eigenvalue weighted by atomic mass is 35.5. The third kappa shape index (κ3) is 1.99. The number of halogens is 1. The average molecular weight is 222 g/mol. The molecule has 2 rings (SSSR count). The minimum absolute atomic E-state index is 0.141. The van der Waals surface area contributed by atoms with Crippen molar-refractivity contribution in [2.45, 2.75) is 0 Å². The lowest BCUT2D eigenvalue weighted by atomic mass is 10.1. The SMILES string of the molecule is Nc1ncc(-c2ccc(O)cc2)c(Cl)n1. The highest BCUT2D eigenvalue weighted by Crippen LogP contribution is 2.27. The summed E-state index contributed by atoms with van der Waals surface area (Å²) in [5.74, 6) is 0.341. The minimum Gasteiger partial charge on any atom is -0.508 e. The lowest BCUT2D eigenvalue weighted by Crippen LogP contribution is -1.95. The van der Waals surface area contributed by atoms with Crippen molar-refractivity contribution in [2.24, 2.45) is 0 Å². The number of nitrogens with two attached hydrogens (primary N) is 1. The molecule has 0 aliphatic carbocycles. The summed E-state index contributed by atoms with van der Waals surface area (Å²) < 4.78 is 0. The third-order valence-corrected chi connectivity index (χ3v) is 2.23. The summed E-state index contributed by atoms with van der Waals surface area (Å²) in [6.07, 6.45) is 1.55. The fraction of sp³-hybridized carbons (Fsp3) is 0. The molecule has 0 spiro atoms. The van der Waals surface area contributed by atoms with Gasteiger partial charge in [-0.05, 0) is 17.7 Å². The van der Waals surface area contributed by atoms with Crippen LogP contribution in [0.15, 0.2) is 30.5 Å². The van der Waals surface area contributed by atoms with Crippen molar-refractivity contribution in [2.75, 3.05) is 5.73 Å². The largest absolute Gasteiger partial charge is 0.508 e. The van der Waals surface area contributed by atoms with Gasteiger partial charge >= 0.3 is 0 Å². The Morgan fingerprint density at radius 1 is 1.20 bits per heavy atom. The molecule has 0 radical (unpaired) electrons. The van der Waals surface area contributed by atoms with E-state index < -0.39 is 0 Å². The number of nitrogen functional groups attached to an aromatic ring is 1. The zero-order valence-electron chi connectivity index (χ0n) is 7.68. The molecule has 0 fully saturated rings. The molecule has 15 heavy (non-hydrogen) atoms. The highest BCUT2D eigenvalue weighted by Gasteiger charge is 2.05. The molecule has 0 saturated carbocycles. The van der Waals surface area contributed by atoms with Gasteiger partial charge in [0.2, 0.25) is 5.95 Å². The molecule has 0 aliphatic rings. The number of phenolic OH excluding ortho intramolecular Hbond substituents is 1. The van der Waals surface area contributed by atoms with Crippen LogP contribution in [0.2, 0.25) is 5.15 Å². The smallest absolute Gasteiger partial charge is 0.221 e. The predicted molar refractivity (Wildman–Crippen MR) is 58.6 cm³/mol. The first-order valence-corrected chi connectivity index (χ1v) is 4.62. The first-order valence-electron chi connectivity index (χ1n) is 4.24. The van der Waals surface area contributed by atoms with Crippen molar-refractivity contribution in [1.29, 1.82) is 0 Å². The van der Waals surface area contributed by atoms with Gasteiger partial charge in [-0.1, -0.05) is 23.7 Å². The molecule has 0 aliphatic heterocycles. The molecule has 0 amide bonds. The monoisotopic (exact) mass is 221 g/mol. The number of nitrogens with zero attached hydrogens (tertiary/aromatic N) is 2. The van der Waals surface area contributed by atoms with E-state index in [1.54, 1.807) is 30.5 Å². The second-order valence-corrected chi connectivity index (χ2v) is 3.34. The zero-order valence-corrected chi connectivity index (χ0v) is 8.44. The van der Waals surface area contributed by atoms with Crippen molar-refractivity contribution in [3.05, 3.63) is 35.6 Å². The summed E-state index contributed by atoms with van der Waals surface area (Å²) in [7, 11) is 0. The summed E-state index contributed by atoms with van der Waals surface area (Å²) in [4.78, 5) is 7.70. The topological polar surface area (TPSA) is 72.0 Å². The van der Waals surface area contributed by atoms with Crippen LogP contribution in [0.4, 0.5) is 5.95 Å². The lowest BCUT2D eigenvalue weighted by molar-refractivity contribution is 0.475. The molecular formula is C10H8ClN3O. The number of aromatic hydroxyl groups is 1. The number of anilines is 1. The molecule has 0 saturated heterocycles. The highest BCUT2D eigenvalue weighted by molar-refractivity contribution is 6.32. The molecule has 1 aromatic carbocycles. The van der Waals surface area contributed by atoms with Crippen LogP contribution in [0.1, 0.15) is 0 Å². The van der Waals surface area contributed by atoms with Crippen LogP contribution in [0.5, 0.6) is 5.75 Å². The summed E-state index contributed by atoms with van der Waals surface area (Å²) in [5, 5.41) is 9.43. The Morgan fingerprint density at radius 3 is 2.47 bits per heavy atom. The fourth-order valence-electron chi connectivity index (χ4n) is 1.21. The van der Waals surface area contributed by atoms with Crippen LogP contribution >= 0.6 is 11.6 Å². The second kappa shape index (κ2) is 3.74. The number of hydrogen-bond donors (Lipinski definition) is 2. The Morgan fingerprint density at radius 2 is 1.87 bits per heavy atom. The van der Waals surface area contributed by atoms with Gasteiger partial charge in [0.25, 0.3) is 0 Å². The third-order valence-electron chi connectivity index (χ3n) is 1.94. The summed E-state index contributed by atoms with van der Waals surface area (Å²) >= 11 is 5.91. The molecule has 0 unspecified atom stereocenters. The van der Waals surface area contributed by atoms with Crippen LogP contribution in [0.25, 0.3) is 11.1 Å². The Labute approximate surface area is 91.4 Å². The van der Waals surface area contributed by atoms with Crippen molar-refractivity contribution in [3.63, 3.8) is 0 Å². The van der Waals surface area contributed by atoms with Crippen molar-refractivity contribution < 1.29 is 5.11 Å². The van der Waals surface area contributed by atoms with Gasteiger partial charge in [-0.2, -0.15) is 0 Å². The normalized spacial score (nSPS) is 10.2. The maximum atomic E-state index is 9.13. The molecule has 2 aromatic rings. The molecule has 1 heterocycles. The molecule has 0 bridgehead atoms. The van der Waals surface area contributed by atoms with Gasteiger partial charge in [-0.15, -0.1) is 0 Å². The van der Waals surface area contributed by atoms with E-state index in [0.717, 1.165) is 5.56 Å².